The number of benzene rings is 1. The highest BCUT2D eigenvalue weighted by molar-refractivity contribution is 9.10. The van der Waals surface area contributed by atoms with Gasteiger partial charge in [0.25, 0.3) is 0 Å². The van der Waals surface area contributed by atoms with Gasteiger partial charge in [0, 0.05) is 4.47 Å². The van der Waals surface area contributed by atoms with Gasteiger partial charge in [-0.1, -0.05) is 15.9 Å². The van der Waals surface area contributed by atoms with Gasteiger partial charge in [-0.25, -0.2) is 4.68 Å². The Hall–Kier alpha value is -1.43. The van der Waals surface area contributed by atoms with E-state index >= 15 is 0 Å². The Morgan fingerprint density at radius 2 is 2.31 bits per heavy atom. The molecule has 0 saturated heterocycles. The van der Waals surface area contributed by atoms with Gasteiger partial charge in [-0.3, -0.25) is 4.79 Å². The van der Waals surface area contributed by atoms with Gasteiger partial charge in [0.2, 0.25) is 11.9 Å². The van der Waals surface area contributed by atoms with E-state index in [1.165, 1.54) is 4.68 Å². The van der Waals surface area contributed by atoms with Gasteiger partial charge in [-0.2, -0.15) is 4.39 Å². The molecule has 0 saturated carbocycles. The van der Waals surface area contributed by atoms with Crippen LogP contribution in [-0.4, -0.2) is 15.7 Å². The number of nitrogens with one attached hydrogen (secondary N) is 1. The third-order valence-corrected chi connectivity index (χ3v) is 3.18. The molecule has 1 aromatic carbocycles. The zero-order valence-corrected chi connectivity index (χ0v) is 9.88. The molecule has 0 radical (unpaired) electrons. The Kier molecular flexibility index (Phi) is 1.85. The molecule has 6 heteroatoms. The SMILES string of the molecule is C[C@@H]1C(=O)Nc2cc(Br)cc3c(F)nn1c23. The van der Waals surface area contributed by atoms with E-state index in [9.17, 15) is 9.18 Å². The lowest BCUT2D eigenvalue weighted by atomic mass is 10.1. The summed E-state index contributed by atoms with van der Waals surface area (Å²) in [5, 5.41) is 6.91. The molecule has 0 bridgehead atoms. The smallest absolute Gasteiger partial charge is 0.249 e. The Morgan fingerprint density at radius 3 is 3.06 bits per heavy atom. The minimum atomic E-state index is -0.555. The fourth-order valence-electron chi connectivity index (χ4n) is 1.93. The number of anilines is 1. The fraction of sp³-hybridized carbons (Fsp3) is 0.200. The van der Waals surface area contributed by atoms with Crippen molar-refractivity contribution < 1.29 is 9.18 Å². The summed E-state index contributed by atoms with van der Waals surface area (Å²) in [6.45, 7) is 1.69. The van der Waals surface area contributed by atoms with Gasteiger partial charge in [0.05, 0.1) is 16.6 Å². The lowest BCUT2D eigenvalue weighted by molar-refractivity contribution is -0.119. The molecule has 2 aromatic rings. The van der Waals surface area contributed by atoms with Crippen LogP contribution in [0.4, 0.5) is 10.1 Å². The Morgan fingerprint density at radius 1 is 1.56 bits per heavy atom. The quantitative estimate of drug-likeness (QED) is 0.807. The van der Waals surface area contributed by atoms with E-state index in [1.807, 2.05) is 0 Å². The molecule has 1 aromatic heterocycles. The van der Waals surface area contributed by atoms with E-state index in [-0.39, 0.29) is 5.91 Å². The second-order valence-electron chi connectivity index (χ2n) is 3.75. The van der Waals surface area contributed by atoms with Crippen LogP contribution in [-0.2, 0) is 4.79 Å². The largest absolute Gasteiger partial charge is 0.322 e. The summed E-state index contributed by atoms with van der Waals surface area (Å²) < 4.78 is 15.7. The summed E-state index contributed by atoms with van der Waals surface area (Å²) in [5.74, 6) is -0.740. The number of hydrogen-bond donors (Lipinski definition) is 1. The predicted molar refractivity (Wildman–Crippen MR) is 60.7 cm³/mol. The Labute approximate surface area is 98.6 Å². The maximum Gasteiger partial charge on any atom is 0.249 e. The topological polar surface area (TPSA) is 46.9 Å². The van der Waals surface area contributed by atoms with Gasteiger partial charge < -0.3 is 5.32 Å². The first-order valence-electron chi connectivity index (χ1n) is 4.76. The van der Waals surface area contributed by atoms with Gasteiger partial charge in [-0.05, 0) is 19.1 Å². The van der Waals surface area contributed by atoms with Crippen molar-refractivity contribution >= 4 is 38.4 Å². The van der Waals surface area contributed by atoms with Crippen molar-refractivity contribution in [2.45, 2.75) is 13.0 Å². The van der Waals surface area contributed by atoms with E-state index in [2.05, 4.69) is 26.3 Å². The minimum absolute atomic E-state index is 0.185. The highest BCUT2D eigenvalue weighted by atomic mass is 79.9. The van der Waals surface area contributed by atoms with E-state index in [0.29, 0.717) is 21.1 Å². The van der Waals surface area contributed by atoms with Gasteiger partial charge in [0.1, 0.15) is 6.04 Å². The second-order valence-corrected chi connectivity index (χ2v) is 4.67. The molecule has 0 spiro atoms. The number of amides is 1. The predicted octanol–water partition coefficient (Wildman–Crippen LogP) is 2.45. The first-order valence-corrected chi connectivity index (χ1v) is 5.55. The molecular weight excluding hydrogens is 277 g/mol. The number of nitrogens with zero attached hydrogens (tertiary/aromatic N) is 2. The van der Waals surface area contributed by atoms with Crippen LogP contribution in [0.5, 0.6) is 0 Å². The molecule has 1 atom stereocenters. The normalized spacial score (nSPS) is 18.9. The van der Waals surface area contributed by atoms with Crippen LogP contribution in [0.2, 0.25) is 0 Å². The molecule has 0 fully saturated rings. The first kappa shape index (κ1) is 9.77. The van der Waals surface area contributed by atoms with Crippen LogP contribution in [0.3, 0.4) is 0 Å². The molecule has 1 N–H and O–H groups in total. The fourth-order valence-corrected chi connectivity index (χ4v) is 2.38. The third-order valence-electron chi connectivity index (χ3n) is 2.73. The van der Waals surface area contributed by atoms with Crippen LogP contribution in [0.1, 0.15) is 13.0 Å². The molecule has 82 valence electrons. The number of rotatable bonds is 0. The number of carbonyl (C=O) groups is 1. The van der Waals surface area contributed by atoms with Crippen molar-refractivity contribution in [2.24, 2.45) is 0 Å². The van der Waals surface area contributed by atoms with E-state index in [1.54, 1.807) is 19.1 Å². The molecule has 2 heterocycles. The summed E-state index contributed by atoms with van der Waals surface area (Å²) in [5.41, 5.74) is 1.22. The van der Waals surface area contributed by atoms with Crippen LogP contribution < -0.4 is 5.32 Å². The highest BCUT2D eigenvalue weighted by Crippen LogP contribution is 2.34. The molecule has 1 amide bonds. The van der Waals surface area contributed by atoms with Crippen LogP contribution in [0, 0.1) is 5.95 Å². The van der Waals surface area contributed by atoms with Crippen molar-refractivity contribution in [1.82, 2.24) is 9.78 Å². The monoisotopic (exact) mass is 283 g/mol. The molecule has 0 unspecified atom stereocenters. The lowest BCUT2D eigenvalue weighted by Crippen LogP contribution is -2.28. The standard InChI is InChI=1S/C10H7BrFN3O/c1-4-10(16)13-7-3-5(11)2-6-8(7)15(4)14-9(6)12/h2-4H,1H3,(H,13,16)/t4-/m1/s1. The lowest BCUT2D eigenvalue weighted by Gasteiger charge is -2.20. The average molecular weight is 284 g/mol. The van der Waals surface area contributed by atoms with Crippen LogP contribution in [0.25, 0.3) is 10.9 Å². The highest BCUT2D eigenvalue weighted by Gasteiger charge is 2.28. The molecule has 1 aliphatic heterocycles. The third kappa shape index (κ3) is 1.13. The molecule has 4 nitrogen and oxygen atoms in total. The molecule has 1 aliphatic rings. The van der Waals surface area contributed by atoms with Crippen molar-refractivity contribution in [3.63, 3.8) is 0 Å². The maximum atomic E-state index is 13.6. The van der Waals surface area contributed by atoms with E-state index in [0.717, 1.165) is 0 Å². The number of halogens is 2. The molecule has 16 heavy (non-hydrogen) atoms. The molecule has 3 rings (SSSR count). The molecular formula is C10H7BrFN3O. The summed E-state index contributed by atoms with van der Waals surface area (Å²) in [7, 11) is 0. The van der Waals surface area contributed by atoms with E-state index < -0.39 is 12.0 Å². The summed E-state index contributed by atoms with van der Waals surface area (Å²) in [6, 6.07) is 2.91. The van der Waals surface area contributed by atoms with Crippen molar-refractivity contribution in [3.8, 4) is 0 Å². The Bertz CT molecular complexity index is 622. The van der Waals surface area contributed by atoms with Crippen molar-refractivity contribution in [2.75, 3.05) is 5.32 Å². The maximum absolute atomic E-state index is 13.6. The number of hydrogen-bond acceptors (Lipinski definition) is 2. The van der Waals surface area contributed by atoms with Crippen molar-refractivity contribution in [1.29, 1.82) is 0 Å². The number of aromatic nitrogens is 2. The average Bonchev–Trinajstić information content (AvgIpc) is 2.54. The van der Waals surface area contributed by atoms with E-state index in [4.69, 9.17) is 0 Å². The number of carbonyl (C=O) groups excluding carboxylic acids is 1. The summed E-state index contributed by atoms with van der Waals surface area (Å²) in [4.78, 5) is 11.6. The van der Waals surface area contributed by atoms with Crippen LogP contribution >= 0.6 is 15.9 Å². The zero-order chi connectivity index (χ0) is 11.4. The van der Waals surface area contributed by atoms with Crippen LogP contribution in [0.15, 0.2) is 16.6 Å². The summed E-state index contributed by atoms with van der Waals surface area (Å²) >= 11 is 3.27. The van der Waals surface area contributed by atoms with Gasteiger partial charge in [-0.15, -0.1) is 5.10 Å². The first-order chi connectivity index (χ1) is 7.58. The second kappa shape index (κ2) is 3.04. The minimum Gasteiger partial charge on any atom is -0.322 e. The van der Waals surface area contributed by atoms with Crippen molar-refractivity contribution in [3.05, 3.63) is 22.6 Å². The zero-order valence-electron chi connectivity index (χ0n) is 8.29. The van der Waals surface area contributed by atoms with Gasteiger partial charge >= 0.3 is 0 Å². The van der Waals surface area contributed by atoms with Gasteiger partial charge in [0.15, 0.2) is 0 Å². The Balaban J connectivity index is 2.47. The summed E-state index contributed by atoms with van der Waals surface area (Å²) in [6.07, 6.45) is 0. The molecule has 0 aliphatic carbocycles.